The maximum atomic E-state index is 12.5. The molecule has 25 heavy (non-hydrogen) atoms. The van der Waals surface area contributed by atoms with E-state index in [2.05, 4.69) is 12.2 Å². The van der Waals surface area contributed by atoms with Crippen molar-refractivity contribution in [1.82, 2.24) is 5.32 Å². The van der Waals surface area contributed by atoms with Gasteiger partial charge in [0.2, 0.25) is 0 Å². The minimum atomic E-state index is -4.80. The third-order valence-corrected chi connectivity index (χ3v) is 4.81. The first-order chi connectivity index (χ1) is 11.7. The summed E-state index contributed by atoms with van der Waals surface area (Å²) >= 11 is 0. The van der Waals surface area contributed by atoms with Crippen LogP contribution in [0.2, 0.25) is 0 Å². The number of hydrogen-bond donors (Lipinski definition) is 1. The van der Waals surface area contributed by atoms with Crippen LogP contribution in [0.4, 0.5) is 13.2 Å². The van der Waals surface area contributed by atoms with Crippen LogP contribution >= 0.6 is 0 Å². The fourth-order valence-corrected chi connectivity index (χ4v) is 3.33. The second-order valence-corrected chi connectivity index (χ2v) is 7.55. The second kappa shape index (κ2) is 13.5. The Morgan fingerprint density at radius 1 is 0.720 bits per heavy atom. The standard InChI is InChI=1S/C20H38F3NO/c1-4-6-7-8-9-10-11-12-13-14-15-17-19(3,16-5-2)24-18(25)20(21,22)23/h4-17H2,1-3H3,(H,24,25). The molecule has 0 radical (unpaired) electrons. The van der Waals surface area contributed by atoms with Gasteiger partial charge in [-0.3, -0.25) is 4.79 Å². The Hall–Kier alpha value is -0.740. The van der Waals surface area contributed by atoms with Crippen LogP contribution in [0.5, 0.6) is 0 Å². The third-order valence-electron chi connectivity index (χ3n) is 4.81. The van der Waals surface area contributed by atoms with Gasteiger partial charge in [0.05, 0.1) is 0 Å². The van der Waals surface area contributed by atoms with Crippen molar-refractivity contribution in [3.63, 3.8) is 0 Å². The summed E-state index contributed by atoms with van der Waals surface area (Å²) in [6, 6.07) is 0. The second-order valence-electron chi connectivity index (χ2n) is 7.55. The molecule has 1 unspecified atom stereocenters. The predicted molar refractivity (Wildman–Crippen MR) is 98.6 cm³/mol. The van der Waals surface area contributed by atoms with E-state index in [0.717, 1.165) is 25.7 Å². The molecule has 0 saturated heterocycles. The molecule has 0 aromatic heterocycles. The summed E-state index contributed by atoms with van der Waals surface area (Å²) in [5.74, 6) is -1.81. The third kappa shape index (κ3) is 13.2. The van der Waals surface area contributed by atoms with E-state index in [0.29, 0.717) is 12.8 Å². The van der Waals surface area contributed by atoms with E-state index < -0.39 is 17.6 Å². The highest BCUT2D eigenvalue weighted by Gasteiger charge is 2.42. The fraction of sp³-hybridized carbons (Fsp3) is 0.950. The Morgan fingerprint density at radius 2 is 1.16 bits per heavy atom. The number of amides is 1. The first-order valence-electron chi connectivity index (χ1n) is 10.1. The number of rotatable bonds is 15. The van der Waals surface area contributed by atoms with Crippen LogP contribution < -0.4 is 5.32 Å². The van der Waals surface area contributed by atoms with E-state index >= 15 is 0 Å². The SMILES string of the molecule is CCCCCCCCCCCCCC(C)(CCC)NC(=O)C(F)(F)F. The summed E-state index contributed by atoms with van der Waals surface area (Å²) in [6.07, 6.45) is 10.5. The molecule has 0 aliphatic carbocycles. The van der Waals surface area contributed by atoms with Crippen molar-refractivity contribution in [1.29, 1.82) is 0 Å². The summed E-state index contributed by atoms with van der Waals surface area (Å²) in [5, 5.41) is 2.21. The van der Waals surface area contributed by atoms with Crippen molar-refractivity contribution in [2.75, 3.05) is 0 Å². The van der Waals surface area contributed by atoms with Crippen molar-refractivity contribution < 1.29 is 18.0 Å². The number of carbonyl (C=O) groups is 1. The van der Waals surface area contributed by atoms with Crippen molar-refractivity contribution in [3.05, 3.63) is 0 Å². The average Bonchev–Trinajstić information content (AvgIpc) is 2.52. The van der Waals surface area contributed by atoms with Crippen LogP contribution in [0.25, 0.3) is 0 Å². The van der Waals surface area contributed by atoms with Crippen LogP contribution in [-0.2, 0) is 4.79 Å². The van der Waals surface area contributed by atoms with E-state index in [-0.39, 0.29) is 0 Å². The molecule has 0 heterocycles. The summed E-state index contributed by atoms with van der Waals surface area (Å²) in [4.78, 5) is 11.2. The van der Waals surface area contributed by atoms with Crippen LogP contribution in [0, 0.1) is 0 Å². The van der Waals surface area contributed by atoms with E-state index in [9.17, 15) is 18.0 Å². The molecule has 1 N–H and O–H groups in total. The normalized spacial score (nSPS) is 14.3. The summed E-state index contributed by atoms with van der Waals surface area (Å²) in [6.45, 7) is 5.88. The number of unbranched alkanes of at least 4 members (excludes halogenated alkanes) is 10. The Bertz CT molecular complexity index is 344. The maximum absolute atomic E-state index is 12.5. The van der Waals surface area contributed by atoms with Crippen molar-refractivity contribution >= 4 is 5.91 Å². The van der Waals surface area contributed by atoms with E-state index in [4.69, 9.17) is 0 Å². The molecule has 5 heteroatoms. The molecule has 0 aromatic rings. The van der Waals surface area contributed by atoms with Crippen LogP contribution in [0.3, 0.4) is 0 Å². The van der Waals surface area contributed by atoms with Gasteiger partial charge in [0.1, 0.15) is 0 Å². The van der Waals surface area contributed by atoms with Crippen LogP contribution in [0.15, 0.2) is 0 Å². The van der Waals surface area contributed by atoms with Gasteiger partial charge in [-0.1, -0.05) is 90.9 Å². The lowest BCUT2D eigenvalue weighted by atomic mass is 9.89. The molecular formula is C20H38F3NO. The molecule has 1 atom stereocenters. The summed E-state index contributed by atoms with van der Waals surface area (Å²) in [7, 11) is 0. The quantitative estimate of drug-likeness (QED) is 0.313. The highest BCUT2D eigenvalue weighted by Crippen LogP contribution is 2.24. The van der Waals surface area contributed by atoms with Gasteiger partial charge >= 0.3 is 12.1 Å². The summed E-state index contributed by atoms with van der Waals surface area (Å²) < 4.78 is 37.4. The predicted octanol–water partition coefficient (Wildman–Crippen LogP) is 6.92. The molecule has 0 saturated carbocycles. The van der Waals surface area contributed by atoms with Gasteiger partial charge in [-0.15, -0.1) is 0 Å². The smallest absolute Gasteiger partial charge is 0.343 e. The Kier molecular flexibility index (Phi) is 13.1. The van der Waals surface area contributed by atoms with Crippen LogP contribution in [-0.4, -0.2) is 17.6 Å². The molecule has 0 bridgehead atoms. The minimum absolute atomic E-state index is 0.576. The van der Waals surface area contributed by atoms with Gasteiger partial charge in [0, 0.05) is 5.54 Å². The highest BCUT2D eigenvalue weighted by atomic mass is 19.4. The fourth-order valence-electron chi connectivity index (χ4n) is 3.33. The molecule has 2 nitrogen and oxygen atoms in total. The minimum Gasteiger partial charge on any atom is -0.343 e. The topological polar surface area (TPSA) is 29.1 Å². The number of halogens is 3. The molecule has 150 valence electrons. The zero-order chi connectivity index (χ0) is 19.2. The first-order valence-corrected chi connectivity index (χ1v) is 10.1. The lowest BCUT2D eigenvalue weighted by Crippen LogP contribution is -2.50. The van der Waals surface area contributed by atoms with Gasteiger partial charge in [0.15, 0.2) is 0 Å². The van der Waals surface area contributed by atoms with Crippen molar-refractivity contribution in [3.8, 4) is 0 Å². The molecule has 0 spiro atoms. The lowest BCUT2D eigenvalue weighted by Gasteiger charge is -2.31. The van der Waals surface area contributed by atoms with Crippen molar-refractivity contribution in [2.45, 2.75) is 122 Å². The Morgan fingerprint density at radius 3 is 1.56 bits per heavy atom. The van der Waals surface area contributed by atoms with Crippen molar-refractivity contribution in [2.24, 2.45) is 0 Å². The average molecular weight is 366 g/mol. The zero-order valence-corrected chi connectivity index (χ0v) is 16.4. The molecule has 0 aliphatic rings. The molecule has 1 amide bonds. The molecule has 0 aliphatic heterocycles. The van der Waals surface area contributed by atoms with Gasteiger partial charge in [-0.25, -0.2) is 0 Å². The van der Waals surface area contributed by atoms with Gasteiger partial charge in [-0.05, 0) is 19.8 Å². The first kappa shape index (κ1) is 24.3. The highest BCUT2D eigenvalue weighted by molar-refractivity contribution is 5.82. The Balaban J connectivity index is 3.84. The van der Waals surface area contributed by atoms with Gasteiger partial charge in [0.25, 0.3) is 0 Å². The van der Waals surface area contributed by atoms with E-state index in [1.807, 2.05) is 6.92 Å². The number of carbonyl (C=O) groups excluding carboxylic acids is 1. The zero-order valence-electron chi connectivity index (χ0n) is 16.4. The maximum Gasteiger partial charge on any atom is 0.471 e. The number of nitrogens with one attached hydrogen (secondary N) is 1. The van der Waals surface area contributed by atoms with Gasteiger partial charge < -0.3 is 5.32 Å². The van der Waals surface area contributed by atoms with Gasteiger partial charge in [-0.2, -0.15) is 13.2 Å². The van der Waals surface area contributed by atoms with E-state index in [1.165, 1.54) is 51.4 Å². The molecule has 0 fully saturated rings. The largest absolute Gasteiger partial charge is 0.471 e. The Labute approximate surface area is 152 Å². The molecular weight excluding hydrogens is 327 g/mol. The monoisotopic (exact) mass is 365 g/mol. The van der Waals surface area contributed by atoms with Crippen LogP contribution in [0.1, 0.15) is 111 Å². The summed E-state index contributed by atoms with van der Waals surface area (Å²) in [5.41, 5.74) is -0.749. The lowest BCUT2D eigenvalue weighted by molar-refractivity contribution is -0.175. The molecule has 0 rings (SSSR count). The van der Waals surface area contributed by atoms with E-state index in [1.54, 1.807) is 6.92 Å². The number of hydrogen-bond acceptors (Lipinski definition) is 1. The molecule has 0 aromatic carbocycles. The number of alkyl halides is 3.